The molecule has 0 radical (unpaired) electrons. The minimum absolute atomic E-state index is 0.461. The minimum atomic E-state index is 0.461. The van der Waals surface area contributed by atoms with E-state index < -0.39 is 0 Å². The summed E-state index contributed by atoms with van der Waals surface area (Å²) in [5.41, 5.74) is 4.23. The maximum Gasteiger partial charge on any atom is 0.0297 e. The van der Waals surface area contributed by atoms with Crippen molar-refractivity contribution in [1.29, 1.82) is 0 Å². The average Bonchev–Trinajstić information content (AvgIpc) is 2.73. The van der Waals surface area contributed by atoms with E-state index in [1.54, 1.807) is 0 Å². The van der Waals surface area contributed by atoms with E-state index in [0.29, 0.717) is 12.1 Å². The lowest BCUT2D eigenvalue weighted by Gasteiger charge is -2.26. The van der Waals surface area contributed by atoms with Gasteiger partial charge in [0.1, 0.15) is 0 Å². The molecule has 1 N–H and O–H groups in total. The van der Waals surface area contributed by atoms with Crippen LogP contribution in [0.2, 0.25) is 0 Å². The van der Waals surface area contributed by atoms with E-state index >= 15 is 0 Å². The molecule has 4 atom stereocenters. The maximum atomic E-state index is 3.88. The molecule has 0 saturated heterocycles. The number of aryl methyl sites for hydroxylation is 2. The van der Waals surface area contributed by atoms with Gasteiger partial charge in [-0.05, 0) is 56.6 Å². The van der Waals surface area contributed by atoms with E-state index in [1.807, 2.05) is 0 Å². The minimum Gasteiger partial charge on any atom is -0.307 e. The van der Waals surface area contributed by atoms with Crippen molar-refractivity contribution in [1.82, 2.24) is 5.32 Å². The molecule has 0 amide bonds. The number of benzene rings is 1. The Kier molecular flexibility index (Phi) is 4.67. The normalized spacial score (nSPS) is 28.6. The van der Waals surface area contributed by atoms with Gasteiger partial charge in [-0.25, -0.2) is 0 Å². The third-order valence-electron chi connectivity index (χ3n) is 5.12. The van der Waals surface area contributed by atoms with Crippen molar-refractivity contribution in [3.05, 3.63) is 34.9 Å². The Bertz CT molecular complexity index is 424. The van der Waals surface area contributed by atoms with Gasteiger partial charge < -0.3 is 5.32 Å². The van der Waals surface area contributed by atoms with Crippen molar-refractivity contribution in [3.63, 3.8) is 0 Å². The van der Waals surface area contributed by atoms with Crippen LogP contribution in [0.5, 0.6) is 0 Å². The first-order chi connectivity index (χ1) is 9.02. The number of hydrogen-bond acceptors (Lipinski definition) is 1. The zero-order valence-corrected chi connectivity index (χ0v) is 13.2. The first-order valence-corrected chi connectivity index (χ1v) is 7.86. The summed E-state index contributed by atoms with van der Waals surface area (Å²) in [5.74, 6) is 1.74. The summed E-state index contributed by atoms with van der Waals surface area (Å²) in [6.07, 6.45) is 4.07. The Hall–Kier alpha value is -0.820. The van der Waals surface area contributed by atoms with Gasteiger partial charge in [-0.3, -0.25) is 0 Å². The fourth-order valence-corrected chi connectivity index (χ4v) is 3.70. The Balaban J connectivity index is 2.05. The maximum absolute atomic E-state index is 3.88. The van der Waals surface area contributed by atoms with Crippen molar-refractivity contribution >= 4 is 0 Å². The summed E-state index contributed by atoms with van der Waals surface area (Å²) in [6.45, 7) is 11.5. The molecule has 0 aliphatic heterocycles. The highest BCUT2D eigenvalue weighted by molar-refractivity contribution is 5.32. The van der Waals surface area contributed by atoms with Crippen LogP contribution in [-0.4, -0.2) is 6.04 Å². The van der Waals surface area contributed by atoms with Crippen molar-refractivity contribution < 1.29 is 0 Å². The molecule has 1 heteroatoms. The average molecular weight is 259 g/mol. The van der Waals surface area contributed by atoms with Crippen LogP contribution >= 0.6 is 0 Å². The molecule has 1 fully saturated rings. The third-order valence-corrected chi connectivity index (χ3v) is 5.12. The van der Waals surface area contributed by atoms with Crippen LogP contribution in [0, 0.1) is 25.7 Å². The van der Waals surface area contributed by atoms with E-state index in [-0.39, 0.29) is 0 Å². The molecule has 1 aromatic rings. The molecule has 1 aliphatic carbocycles. The highest BCUT2D eigenvalue weighted by Gasteiger charge is 2.32. The predicted octanol–water partition coefficient (Wildman–Crippen LogP) is 4.78. The van der Waals surface area contributed by atoms with Crippen molar-refractivity contribution in [2.24, 2.45) is 11.8 Å². The van der Waals surface area contributed by atoms with Crippen molar-refractivity contribution in [2.75, 3.05) is 0 Å². The van der Waals surface area contributed by atoms with E-state index in [2.05, 4.69) is 58.1 Å². The smallest absolute Gasteiger partial charge is 0.0297 e. The van der Waals surface area contributed by atoms with E-state index in [9.17, 15) is 0 Å². The molecule has 0 heterocycles. The second-order valence-electron chi connectivity index (χ2n) is 6.46. The Morgan fingerprint density at radius 1 is 1.26 bits per heavy atom. The van der Waals surface area contributed by atoms with Crippen LogP contribution in [0.3, 0.4) is 0 Å². The van der Waals surface area contributed by atoms with Gasteiger partial charge in [-0.15, -0.1) is 0 Å². The number of hydrogen-bond donors (Lipinski definition) is 1. The molecule has 2 rings (SSSR count). The van der Waals surface area contributed by atoms with Crippen LogP contribution in [0.15, 0.2) is 18.2 Å². The quantitative estimate of drug-likeness (QED) is 0.820. The van der Waals surface area contributed by atoms with Gasteiger partial charge in [0.15, 0.2) is 0 Å². The van der Waals surface area contributed by atoms with Crippen LogP contribution in [-0.2, 0) is 0 Å². The lowest BCUT2D eigenvalue weighted by atomic mass is 9.92. The largest absolute Gasteiger partial charge is 0.307 e. The van der Waals surface area contributed by atoms with Crippen LogP contribution in [0.1, 0.15) is 62.8 Å². The molecule has 1 aliphatic rings. The van der Waals surface area contributed by atoms with Gasteiger partial charge in [0, 0.05) is 12.1 Å². The highest BCUT2D eigenvalue weighted by atomic mass is 15.0. The molecule has 0 bridgehead atoms. The first-order valence-electron chi connectivity index (χ1n) is 7.86. The molecule has 19 heavy (non-hydrogen) atoms. The fraction of sp³-hybridized carbons (Fsp3) is 0.667. The zero-order chi connectivity index (χ0) is 14.0. The van der Waals surface area contributed by atoms with E-state index in [4.69, 9.17) is 0 Å². The third kappa shape index (κ3) is 3.20. The summed E-state index contributed by atoms with van der Waals surface area (Å²) in [5, 5.41) is 3.88. The second-order valence-corrected chi connectivity index (χ2v) is 6.46. The molecule has 1 aromatic carbocycles. The van der Waals surface area contributed by atoms with E-state index in [0.717, 1.165) is 11.8 Å². The van der Waals surface area contributed by atoms with Gasteiger partial charge >= 0.3 is 0 Å². The van der Waals surface area contributed by atoms with Crippen molar-refractivity contribution in [3.8, 4) is 0 Å². The zero-order valence-electron chi connectivity index (χ0n) is 13.2. The summed E-state index contributed by atoms with van der Waals surface area (Å²) in [4.78, 5) is 0. The van der Waals surface area contributed by atoms with Gasteiger partial charge in [-0.1, -0.05) is 44.0 Å². The SMILES string of the molecule is CCC1CCC(NC(C)c2cc(C)ccc2C)C1C. The highest BCUT2D eigenvalue weighted by Crippen LogP contribution is 2.35. The molecular formula is C18H29N. The standard InChI is InChI=1S/C18H29N/c1-6-16-9-10-18(14(16)4)19-15(5)17-11-12(2)7-8-13(17)3/h7-8,11,14-16,18-19H,6,9-10H2,1-5H3. The monoisotopic (exact) mass is 259 g/mol. The van der Waals surface area contributed by atoms with Gasteiger partial charge in [0.2, 0.25) is 0 Å². The summed E-state index contributed by atoms with van der Waals surface area (Å²) in [7, 11) is 0. The summed E-state index contributed by atoms with van der Waals surface area (Å²) >= 11 is 0. The lowest BCUT2D eigenvalue weighted by Crippen LogP contribution is -2.35. The van der Waals surface area contributed by atoms with E-state index in [1.165, 1.54) is 36.0 Å². The van der Waals surface area contributed by atoms with Gasteiger partial charge in [0.25, 0.3) is 0 Å². The van der Waals surface area contributed by atoms with Crippen LogP contribution in [0.4, 0.5) is 0 Å². The molecule has 1 saturated carbocycles. The number of rotatable bonds is 4. The first kappa shape index (κ1) is 14.6. The Morgan fingerprint density at radius 2 is 2.00 bits per heavy atom. The van der Waals surface area contributed by atoms with Crippen LogP contribution in [0.25, 0.3) is 0 Å². The Labute approximate surface area is 118 Å². The summed E-state index contributed by atoms with van der Waals surface area (Å²) in [6, 6.07) is 7.94. The molecule has 4 unspecified atom stereocenters. The molecule has 106 valence electrons. The molecular weight excluding hydrogens is 230 g/mol. The summed E-state index contributed by atoms with van der Waals surface area (Å²) < 4.78 is 0. The second kappa shape index (κ2) is 6.09. The topological polar surface area (TPSA) is 12.0 Å². The predicted molar refractivity (Wildman–Crippen MR) is 83.4 cm³/mol. The van der Waals surface area contributed by atoms with Gasteiger partial charge in [0.05, 0.1) is 0 Å². The lowest BCUT2D eigenvalue weighted by molar-refractivity contribution is 0.327. The Morgan fingerprint density at radius 3 is 2.63 bits per heavy atom. The fourth-order valence-electron chi connectivity index (χ4n) is 3.70. The van der Waals surface area contributed by atoms with Gasteiger partial charge in [-0.2, -0.15) is 0 Å². The molecule has 0 aromatic heterocycles. The number of nitrogens with one attached hydrogen (secondary N) is 1. The molecule has 0 spiro atoms. The van der Waals surface area contributed by atoms with Crippen LogP contribution < -0.4 is 5.32 Å². The van der Waals surface area contributed by atoms with Crippen molar-refractivity contribution in [2.45, 2.75) is 66.0 Å². The molecule has 1 nitrogen and oxygen atoms in total.